The average Bonchev–Trinajstić information content (AvgIpc) is 3.03. The van der Waals surface area contributed by atoms with Crippen LogP contribution < -0.4 is 5.73 Å². The lowest BCUT2D eigenvalue weighted by Gasteiger charge is -2.34. The SMILES string of the molecule is CC[C@]1(CO)O[C@@H](N2C=C(F)C(N)=NC2O)C[C@@H]1OCc1ccccc1. The van der Waals surface area contributed by atoms with Gasteiger partial charge in [0.1, 0.15) is 11.8 Å². The first kappa shape index (κ1) is 18.8. The van der Waals surface area contributed by atoms with Crippen molar-refractivity contribution in [3.63, 3.8) is 0 Å². The molecule has 1 saturated heterocycles. The van der Waals surface area contributed by atoms with E-state index in [1.54, 1.807) is 0 Å². The van der Waals surface area contributed by atoms with Crippen molar-refractivity contribution in [2.75, 3.05) is 6.61 Å². The molecule has 0 saturated carbocycles. The quantitative estimate of drug-likeness (QED) is 0.701. The van der Waals surface area contributed by atoms with Crippen LogP contribution in [0.1, 0.15) is 25.3 Å². The van der Waals surface area contributed by atoms with E-state index in [1.165, 1.54) is 4.90 Å². The number of hydrogen-bond donors (Lipinski definition) is 3. The second kappa shape index (κ2) is 7.71. The second-order valence-corrected chi connectivity index (χ2v) is 6.45. The predicted octanol–water partition coefficient (Wildman–Crippen LogP) is 1.22. The molecule has 2 aliphatic heterocycles. The molecule has 7 nitrogen and oxygen atoms in total. The maximum atomic E-state index is 13.8. The van der Waals surface area contributed by atoms with Crippen molar-refractivity contribution in [2.24, 2.45) is 10.7 Å². The van der Waals surface area contributed by atoms with Crippen LogP contribution in [0, 0.1) is 0 Å². The summed E-state index contributed by atoms with van der Waals surface area (Å²) in [6.07, 6.45) is -0.538. The first-order valence-electron chi connectivity index (χ1n) is 8.59. The van der Waals surface area contributed by atoms with Crippen LogP contribution >= 0.6 is 0 Å². The van der Waals surface area contributed by atoms with Crippen molar-refractivity contribution in [1.29, 1.82) is 0 Å². The fourth-order valence-electron chi connectivity index (χ4n) is 3.28. The van der Waals surface area contributed by atoms with Gasteiger partial charge in [0.2, 0.25) is 6.35 Å². The van der Waals surface area contributed by atoms with Gasteiger partial charge in [0, 0.05) is 12.6 Å². The smallest absolute Gasteiger partial charge is 0.229 e. The van der Waals surface area contributed by atoms with Gasteiger partial charge < -0.3 is 30.3 Å². The van der Waals surface area contributed by atoms with Crippen LogP contribution in [-0.4, -0.2) is 51.8 Å². The van der Waals surface area contributed by atoms with Gasteiger partial charge >= 0.3 is 0 Å². The number of halogens is 1. The summed E-state index contributed by atoms with van der Waals surface area (Å²) in [5, 5.41) is 20.0. The minimum Gasteiger partial charge on any atom is -0.393 e. The van der Waals surface area contributed by atoms with E-state index in [0.29, 0.717) is 19.4 Å². The Hall–Kier alpha value is -2.00. The molecule has 0 amide bonds. The van der Waals surface area contributed by atoms with E-state index in [2.05, 4.69) is 4.99 Å². The maximum absolute atomic E-state index is 13.8. The Kier molecular flexibility index (Phi) is 5.57. The number of benzene rings is 1. The van der Waals surface area contributed by atoms with Gasteiger partial charge in [-0.05, 0) is 12.0 Å². The van der Waals surface area contributed by atoms with Gasteiger partial charge in [0.05, 0.1) is 19.3 Å². The van der Waals surface area contributed by atoms with Crippen LogP contribution in [0.25, 0.3) is 0 Å². The van der Waals surface area contributed by atoms with Crippen LogP contribution in [0.3, 0.4) is 0 Å². The molecule has 0 radical (unpaired) electrons. The molecule has 1 unspecified atom stereocenters. The minimum absolute atomic E-state index is 0.249. The summed E-state index contributed by atoms with van der Waals surface area (Å²) in [6.45, 7) is 2.00. The van der Waals surface area contributed by atoms with E-state index < -0.39 is 30.1 Å². The van der Waals surface area contributed by atoms with Gasteiger partial charge in [0.15, 0.2) is 11.7 Å². The summed E-state index contributed by atoms with van der Waals surface area (Å²) in [5.41, 5.74) is 5.46. The third-order valence-corrected chi connectivity index (χ3v) is 4.89. The fourth-order valence-corrected chi connectivity index (χ4v) is 3.28. The second-order valence-electron chi connectivity index (χ2n) is 6.45. The largest absolute Gasteiger partial charge is 0.393 e. The Bertz CT molecular complexity index is 678. The highest BCUT2D eigenvalue weighted by molar-refractivity contribution is 5.95. The van der Waals surface area contributed by atoms with Crippen LogP contribution in [0.5, 0.6) is 0 Å². The van der Waals surface area contributed by atoms with Crippen LogP contribution in [0.4, 0.5) is 4.39 Å². The molecule has 8 heteroatoms. The van der Waals surface area contributed by atoms with E-state index in [-0.39, 0.29) is 12.4 Å². The molecule has 1 fully saturated rings. The first-order valence-corrected chi connectivity index (χ1v) is 8.59. The van der Waals surface area contributed by atoms with Crippen molar-refractivity contribution in [1.82, 2.24) is 4.90 Å². The number of aliphatic imine (C=N–C) groups is 1. The lowest BCUT2D eigenvalue weighted by atomic mass is 9.94. The third-order valence-electron chi connectivity index (χ3n) is 4.89. The number of ether oxygens (including phenoxy) is 2. The number of hydrogen-bond acceptors (Lipinski definition) is 7. The lowest BCUT2D eigenvalue weighted by Crippen LogP contribution is -2.46. The fraction of sp³-hybridized carbons (Fsp3) is 0.500. The topological polar surface area (TPSA) is 101 Å². The van der Waals surface area contributed by atoms with Crippen LogP contribution in [0.2, 0.25) is 0 Å². The molecule has 0 aromatic heterocycles. The van der Waals surface area contributed by atoms with E-state index in [1.807, 2.05) is 37.3 Å². The van der Waals surface area contributed by atoms with Gasteiger partial charge in [-0.15, -0.1) is 0 Å². The van der Waals surface area contributed by atoms with Crippen molar-refractivity contribution < 1.29 is 24.1 Å². The molecule has 1 aromatic rings. The lowest BCUT2D eigenvalue weighted by molar-refractivity contribution is -0.169. The molecule has 26 heavy (non-hydrogen) atoms. The molecule has 0 spiro atoms. The van der Waals surface area contributed by atoms with Crippen molar-refractivity contribution in [3.8, 4) is 0 Å². The highest BCUT2D eigenvalue weighted by Crippen LogP contribution is 2.38. The summed E-state index contributed by atoms with van der Waals surface area (Å²) < 4.78 is 25.8. The first-order chi connectivity index (χ1) is 12.5. The molecule has 0 bridgehead atoms. The van der Waals surface area contributed by atoms with Crippen molar-refractivity contribution in [3.05, 3.63) is 47.9 Å². The summed E-state index contributed by atoms with van der Waals surface area (Å²) >= 11 is 0. The minimum atomic E-state index is -1.35. The standard InChI is InChI=1S/C18H24FN3O4/c1-2-18(11-23)14(25-10-12-6-4-3-5-7-12)8-15(26-18)22-9-13(19)16(20)21-17(22)24/h3-7,9,14-15,17,23-24H,2,8,10-11H2,1H3,(H2,20,21)/t14-,15+,17?,18+/m0/s1. The van der Waals surface area contributed by atoms with Crippen molar-refractivity contribution in [2.45, 2.75) is 50.7 Å². The van der Waals surface area contributed by atoms with E-state index in [9.17, 15) is 14.6 Å². The molecule has 142 valence electrons. The zero-order chi connectivity index (χ0) is 18.7. The number of nitrogens with two attached hydrogens (primary N) is 1. The molecular weight excluding hydrogens is 341 g/mol. The molecule has 1 aromatic carbocycles. The predicted molar refractivity (Wildman–Crippen MR) is 93.3 cm³/mol. The van der Waals surface area contributed by atoms with Gasteiger partial charge in [-0.25, -0.2) is 9.38 Å². The van der Waals surface area contributed by atoms with Crippen LogP contribution in [0.15, 0.2) is 47.4 Å². The molecule has 4 N–H and O–H groups in total. The normalized spacial score (nSPS) is 31.7. The summed E-state index contributed by atoms with van der Waals surface area (Å²) in [6, 6.07) is 9.67. The molecule has 2 heterocycles. The molecule has 4 atom stereocenters. The average molecular weight is 365 g/mol. The Morgan fingerprint density at radius 1 is 1.42 bits per heavy atom. The highest BCUT2D eigenvalue weighted by Gasteiger charge is 2.50. The van der Waals surface area contributed by atoms with Crippen molar-refractivity contribution >= 4 is 5.84 Å². The zero-order valence-electron chi connectivity index (χ0n) is 14.6. The van der Waals surface area contributed by atoms with Gasteiger partial charge in [-0.3, -0.25) is 0 Å². The van der Waals surface area contributed by atoms with Gasteiger partial charge in [-0.2, -0.15) is 0 Å². The molecule has 0 aliphatic carbocycles. The number of aliphatic hydroxyl groups excluding tert-OH is 2. The Balaban J connectivity index is 1.75. The molecule has 3 rings (SSSR count). The zero-order valence-corrected chi connectivity index (χ0v) is 14.6. The summed E-state index contributed by atoms with van der Waals surface area (Å²) in [5.74, 6) is -1.09. The maximum Gasteiger partial charge on any atom is 0.229 e. The molecule has 2 aliphatic rings. The number of rotatable bonds is 6. The summed E-state index contributed by atoms with van der Waals surface area (Å²) in [4.78, 5) is 4.90. The Labute approximate surface area is 151 Å². The number of nitrogens with zero attached hydrogens (tertiary/aromatic N) is 2. The van der Waals surface area contributed by atoms with Gasteiger partial charge in [0.25, 0.3) is 0 Å². The summed E-state index contributed by atoms with van der Waals surface area (Å²) in [7, 11) is 0. The van der Waals surface area contributed by atoms with Crippen LogP contribution in [-0.2, 0) is 16.1 Å². The monoisotopic (exact) mass is 365 g/mol. The van der Waals surface area contributed by atoms with E-state index in [0.717, 1.165) is 11.8 Å². The van der Waals surface area contributed by atoms with Gasteiger partial charge in [-0.1, -0.05) is 37.3 Å². The molecular formula is C18H24FN3O4. The Morgan fingerprint density at radius 3 is 2.81 bits per heavy atom. The van der Waals surface area contributed by atoms with E-state index >= 15 is 0 Å². The Morgan fingerprint density at radius 2 is 2.15 bits per heavy atom. The van der Waals surface area contributed by atoms with E-state index in [4.69, 9.17) is 15.2 Å². The third kappa shape index (κ3) is 3.59. The highest BCUT2D eigenvalue weighted by atomic mass is 19.1. The number of aliphatic hydroxyl groups is 2. The number of amidine groups is 1.